The van der Waals surface area contributed by atoms with Crippen LogP contribution in [0.25, 0.3) is 0 Å². The zero-order valence-electron chi connectivity index (χ0n) is 14.6. The maximum absolute atomic E-state index is 13.8. The van der Waals surface area contributed by atoms with E-state index in [1.807, 2.05) is 0 Å². The number of benzene rings is 2. The summed E-state index contributed by atoms with van der Waals surface area (Å²) in [6.07, 6.45) is 1.71. The van der Waals surface area contributed by atoms with Crippen LogP contribution in [0.3, 0.4) is 0 Å². The fourth-order valence-corrected chi connectivity index (χ4v) is 3.19. The number of aliphatic hydroxyl groups excluding tert-OH is 1. The highest BCUT2D eigenvalue weighted by molar-refractivity contribution is 6.05. The van der Waals surface area contributed by atoms with Crippen molar-refractivity contribution >= 4 is 17.5 Å². The van der Waals surface area contributed by atoms with Crippen molar-refractivity contribution in [3.8, 4) is 0 Å². The van der Waals surface area contributed by atoms with E-state index in [0.717, 1.165) is 18.9 Å². The number of hydrogen-bond donors (Lipinski definition) is 2. The molecule has 7 heteroatoms. The summed E-state index contributed by atoms with van der Waals surface area (Å²) in [4.78, 5) is 26.6. The number of carbonyl (C=O) groups excluding carboxylic acids is 2. The van der Waals surface area contributed by atoms with Gasteiger partial charge in [0.15, 0.2) is 11.6 Å². The van der Waals surface area contributed by atoms with Crippen molar-refractivity contribution in [2.45, 2.75) is 12.8 Å². The van der Waals surface area contributed by atoms with Crippen molar-refractivity contribution in [3.63, 3.8) is 0 Å². The molecular weight excluding hydrogens is 354 g/mol. The standard InChI is InChI=1S/C20H20F2N2O3/c21-17-8-2-7-16(18(17)22)19(26)23-15-6-1-5-14(10-15)20(27)24-9-3-4-13(11-24)12-25/h1-2,5-8,10,13,25H,3-4,9,11-12H2,(H,23,26). The van der Waals surface area contributed by atoms with Crippen LogP contribution in [0.4, 0.5) is 14.5 Å². The number of carbonyl (C=O) groups is 2. The van der Waals surface area contributed by atoms with Gasteiger partial charge in [-0.05, 0) is 49.1 Å². The first-order valence-corrected chi connectivity index (χ1v) is 8.75. The fraction of sp³-hybridized carbons (Fsp3) is 0.300. The van der Waals surface area contributed by atoms with Crippen LogP contribution < -0.4 is 5.32 Å². The summed E-state index contributed by atoms with van der Waals surface area (Å²) in [5, 5.41) is 11.8. The molecule has 0 spiro atoms. The molecule has 1 saturated heterocycles. The number of piperidine rings is 1. The lowest BCUT2D eigenvalue weighted by Gasteiger charge is -2.32. The quantitative estimate of drug-likeness (QED) is 0.864. The van der Waals surface area contributed by atoms with Gasteiger partial charge in [0.25, 0.3) is 11.8 Å². The maximum Gasteiger partial charge on any atom is 0.258 e. The van der Waals surface area contributed by atoms with Gasteiger partial charge in [-0.15, -0.1) is 0 Å². The summed E-state index contributed by atoms with van der Waals surface area (Å²) in [5.41, 5.74) is 0.282. The molecule has 1 unspecified atom stereocenters. The molecule has 27 heavy (non-hydrogen) atoms. The van der Waals surface area contributed by atoms with Crippen LogP contribution in [0.1, 0.15) is 33.6 Å². The summed E-state index contributed by atoms with van der Waals surface area (Å²) in [6, 6.07) is 9.68. The average molecular weight is 374 g/mol. The highest BCUT2D eigenvalue weighted by Crippen LogP contribution is 2.20. The lowest BCUT2D eigenvalue weighted by molar-refractivity contribution is 0.0620. The van der Waals surface area contributed by atoms with E-state index in [1.165, 1.54) is 18.2 Å². The van der Waals surface area contributed by atoms with Gasteiger partial charge in [0.2, 0.25) is 0 Å². The summed E-state index contributed by atoms with van der Waals surface area (Å²) in [6.45, 7) is 1.14. The van der Waals surface area contributed by atoms with Gasteiger partial charge in [0, 0.05) is 30.9 Å². The van der Waals surface area contributed by atoms with E-state index in [1.54, 1.807) is 23.1 Å². The van der Waals surface area contributed by atoms with Gasteiger partial charge >= 0.3 is 0 Å². The smallest absolute Gasteiger partial charge is 0.258 e. The number of halogens is 2. The Kier molecular flexibility index (Phi) is 5.81. The first-order chi connectivity index (χ1) is 13.0. The minimum absolute atomic E-state index is 0.0408. The molecule has 1 atom stereocenters. The molecule has 1 aliphatic rings. The fourth-order valence-electron chi connectivity index (χ4n) is 3.19. The Bertz CT molecular complexity index is 857. The van der Waals surface area contributed by atoms with Crippen LogP contribution in [-0.4, -0.2) is 41.5 Å². The van der Waals surface area contributed by atoms with Gasteiger partial charge in [0.1, 0.15) is 0 Å². The first kappa shape index (κ1) is 19.0. The number of aliphatic hydroxyl groups is 1. The largest absolute Gasteiger partial charge is 0.396 e. The number of likely N-dealkylation sites (tertiary alicyclic amines) is 1. The van der Waals surface area contributed by atoms with E-state index in [0.29, 0.717) is 24.3 Å². The van der Waals surface area contributed by atoms with Crippen molar-refractivity contribution in [3.05, 3.63) is 65.2 Å². The topological polar surface area (TPSA) is 69.6 Å². The number of rotatable bonds is 4. The van der Waals surface area contributed by atoms with E-state index < -0.39 is 23.1 Å². The van der Waals surface area contributed by atoms with E-state index in [9.17, 15) is 23.5 Å². The molecule has 1 heterocycles. The Morgan fingerprint density at radius 3 is 2.74 bits per heavy atom. The molecule has 5 nitrogen and oxygen atoms in total. The number of anilines is 1. The predicted molar refractivity (Wildman–Crippen MR) is 96.5 cm³/mol. The highest BCUT2D eigenvalue weighted by atomic mass is 19.2. The molecule has 0 bridgehead atoms. The van der Waals surface area contributed by atoms with Gasteiger partial charge in [0.05, 0.1) is 5.56 Å². The highest BCUT2D eigenvalue weighted by Gasteiger charge is 2.24. The molecule has 0 radical (unpaired) electrons. The van der Waals surface area contributed by atoms with Gasteiger partial charge < -0.3 is 15.3 Å². The number of amides is 2. The Labute approximate surface area is 155 Å². The van der Waals surface area contributed by atoms with Crippen LogP contribution in [0.2, 0.25) is 0 Å². The lowest BCUT2D eigenvalue weighted by atomic mass is 9.98. The first-order valence-electron chi connectivity index (χ1n) is 8.75. The third-order valence-corrected chi connectivity index (χ3v) is 4.63. The number of hydrogen-bond acceptors (Lipinski definition) is 3. The average Bonchev–Trinajstić information content (AvgIpc) is 2.69. The van der Waals surface area contributed by atoms with Crippen molar-refractivity contribution in [1.82, 2.24) is 4.90 Å². The molecule has 1 aliphatic heterocycles. The van der Waals surface area contributed by atoms with Gasteiger partial charge in [-0.3, -0.25) is 9.59 Å². The summed E-state index contributed by atoms with van der Waals surface area (Å²) >= 11 is 0. The molecule has 0 aliphatic carbocycles. The second-order valence-electron chi connectivity index (χ2n) is 6.58. The molecule has 1 fully saturated rings. The zero-order chi connectivity index (χ0) is 19.4. The zero-order valence-corrected chi connectivity index (χ0v) is 14.6. The van der Waals surface area contributed by atoms with Crippen molar-refractivity contribution < 1.29 is 23.5 Å². The minimum Gasteiger partial charge on any atom is -0.396 e. The number of nitrogens with one attached hydrogen (secondary N) is 1. The Morgan fingerprint density at radius 1 is 1.19 bits per heavy atom. The van der Waals surface area contributed by atoms with Crippen LogP contribution in [0.5, 0.6) is 0 Å². The molecule has 2 aromatic rings. The van der Waals surface area contributed by atoms with Gasteiger partial charge in [-0.25, -0.2) is 8.78 Å². The normalized spacial score (nSPS) is 16.9. The molecular formula is C20H20F2N2O3. The Balaban J connectivity index is 1.74. The molecule has 142 valence electrons. The third kappa shape index (κ3) is 4.31. The summed E-state index contributed by atoms with van der Waals surface area (Å²) in [7, 11) is 0. The van der Waals surface area contributed by atoms with E-state index >= 15 is 0 Å². The van der Waals surface area contributed by atoms with E-state index in [2.05, 4.69) is 5.32 Å². The maximum atomic E-state index is 13.8. The van der Waals surface area contributed by atoms with Gasteiger partial charge in [-0.1, -0.05) is 12.1 Å². The van der Waals surface area contributed by atoms with Crippen LogP contribution in [0.15, 0.2) is 42.5 Å². The molecule has 2 N–H and O–H groups in total. The second kappa shape index (κ2) is 8.26. The SMILES string of the molecule is O=C(Nc1cccc(C(=O)N2CCCC(CO)C2)c1)c1cccc(F)c1F. The van der Waals surface area contributed by atoms with Crippen molar-refractivity contribution in [1.29, 1.82) is 0 Å². The molecule has 2 amide bonds. The van der Waals surface area contributed by atoms with Crippen LogP contribution >= 0.6 is 0 Å². The Morgan fingerprint density at radius 2 is 1.96 bits per heavy atom. The molecule has 3 rings (SSSR count). The third-order valence-electron chi connectivity index (χ3n) is 4.63. The lowest BCUT2D eigenvalue weighted by Crippen LogP contribution is -2.40. The van der Waals surface area contributed by atoms with Crippen molar-refractivity contribution in [2.24, 2.45) is 5.92 Å². The predicted octanol–water partition coefficient (Wildman–Crippen LogP) is 3.06. The van der Waals surface area contributed by atoms with E-state index in [-0.39, 0.29) is 18.4 Å². The van der Waals surface area contributed by atoms with Crippen LogP contribution in [0, 0.1) is 17.6 Å². The summed E-state index contributed by atoms with van der Waals surface area (Å²) < 4.78 is 27.1. The monoisotopic (exact) mass is 374 g/mol. The molecule has 0 saturated carbocycles. The van der Waals surface area contributed by atoms with E-state index in [4.69, 9.17) is 0 Å². The Hall–Kier alpha value is -2.80. The minimum atomic E-state index is -1.22. The second-order valence-corrected chi connectivity index (χ2v) is 6.58. The van der Waals surface area contributed by atoms with Gasteiger partial charge in [-0.2, -0.15) is 0 Å². The number of nitrogens with zero attached hydrogens (tertiary/aromatic N) is 1. The van der Waals surface area contributed by atoms with Crippen LogP contribution in [-0.2, 0) is 0 Å². The molecule has 0 aromatic heterocycles. The summed E-state index contributed by atoms with van der Waals surface area (Å²) in [5.74, 6) is -3.24. The molecule has 2 aromatic carbocycles. The van der Waals surface area contributed by atoms with Crippen molar-refractivity contribution in [2.75, 3.05) is 25.0 Å².